The maximum Gasteiger partial charge on any atom is 0.407 e. The van der Waals surface area contributed by atoms with E-state index >= 15 is 0 Å². The Balaban J connectivity index is 2.21. The van der Waals surface area contributed by atoms with Crippen LogP contribution in [-0.2, 0) is 26.6 Å². The number of fused-ring (bicyclic) bond motifs is 1. The van der Waals surface area contributed by atoms with E-state index < -0.39 is 27.7 Å². The lowest BCUT2D eigenvalue weighted by Gasteiger charge is -2.40. The summed E-state index contributed by atoms with van der Waals surface area (Å²) in [5.74, 6) is 0. The Labute approximate surface area is 171 Å². The maximum atomic E-state index is 12.2. The van der Waals surface area contributed by atoms with Crippen LogP contribution in [0, 0.1) is 0 Å². The van der Waals surface area contributed by atoms with Crippen molar-refractivity contribution >= 4 is 27.7 Å². The van der Waals surface area contributed by atoms with Crippen molar-refractivity contribution in [2.45, 2.75) is 44.1 Å². The normalized spacial score (nSPS) is 24.1. The van der Waals surface area contributed by atoms with Crippen molar-refractivity contribution < 1.29 is 23.1 Å². The molecule has 0 aromatic heterocycles. The van der Waals surface area contributed by atoms with E-state index in [1.807, 2.05) is 6.07 Å². The maximum absolute atomic E-state index is 12.2. The molecule has 1 amide bonds. The average molecular weight is 431 g/mol. The van der Waals surface area contributed by atoms with Gasteiger partial charge in [-0.25, -0.2) is 13.2 Å². The molecule has 0 bridgehead atoms. The van der Waals surface area contributed by atoms with E-state index in [4.69, 9.17) is 16.3 Å². The van der Waals surface area contributed by atoms with Gasteiger partial charge in [-0.2, -0.15) is 4.31 Å². The Kier molecular flexibility index (Phi) is 5.71. The molecule has 0 radical (unpaired) electrons. The van der Waals surface area contributed by atoms with Crippen LogP contribution >= 0.6 is 11.6 Å². The quantitative estimate of drug-likeness (QED) is 0.575. The molecule has 2 heterocycles. The fourth-order valence-corrected chi connectivity index (χ4v) is 5.52. The zero-order chi connectivity index (χ0) is 20.9. The van der Waals surface area contributed by atoms with Crippen molar-refractivity contribution in [2.75, 3.05) is 32.6 Å². The number of benzene rings is 1. The molecule has 1 aromatic carbocycles. The lowest BCUT2D eigenvalue weighted by atomic mass is 9.80. The van der Waals surface area contributed by atoms with Gasteiger partial charge < -0.3 is 9.84 Å². The number of halogens is 1. The Morgan fingerprint density at radius 1 is 1.29 bits per heavy atom. The van der Waals surface area contributed by atoms with Crippen molar-refractivity contribution in [3.8, 4) is 0 Å². The van der Waals surface area contributed by atoms with Gasteiger partial charge in [-0.05, 0) is 34.1 Å². The second-order valence-corrected chi connectivity index (χ2v) is 10.8. The number of nitrogens with zero attached hydrogens (tertiary/aromatic N) is 2. The molecule has 1 N–H and O–H groups in total. The molecule has 156 valence electrons. The lowest BCUT2D eigenvalue weighted by molar-refractivity contribution is -0.00142. The molecule has 2 aliphatic heterocycles. The summed E-state index contributed by atoms with van der Waals surface area (Å²) < 4.78 is 31.3. The molecule has 0 spiro atoms. The van der Waals surface area contributed by atoms with Crippen LogP contribution in [0.15, 0.2) is 12.1 Å². The first-order valence-electron chi connectivity index (χ1n) is 9.26. The highest BCUT2D eigenvalue weighted by molar-refractivity contribution is 7.88. The Bertz CT molecular complexity index is 881. The van der Waals surface area contributed by atoms with Crippen molar-refractivity contribution in [1.29, 1.82) is 0 Å². The number of sulfonamides is 1. The predicted octanol–water partition coefficient (Wildman–Crippen LogP) is 3.09. The third-order valence-electron chi connectivity index (χ3n) is 5.42. The Hall–Kier alpha value is -1.35. The molecule has 1 aromatic rings. The van der Waals surface area contributed by atoms with Gasteiger partial charge in [0.05, 0.1) is 25.5 Å². The topological polar surface area (TPSA) is 87.2 Å². The summed E-state index contributed by atoms with van der Waals surface area (Å²) in [6.45, 7) is 7.39. The van der Waals surface area contributed by atoms with Gasteiger partial charge >= 0.3 is 6.09 Å². The number of amides is 1. The van der Waals surface area contributed by atoms with E-state index in [2.05, 4.69) is 26.8 Å². The van der Waals surface area contributed by atoms with Crippen molar-refractivity contribution in [3.05, 3.63) is 34.4 Å². The molecule has 0 saturated carbocycles. The minimum absolute atomic E-state index is 0.150. The van der Waals surface area contributed by atoms with Gasteiger partial charge in [0, 0.05) is 13.1 Å². The first-order chi connectivity index (χ1) is 12.9. The SMILES string of the molecule is CC(C)(C)c1cc2c(c(C3COCCN3C(=O)O)c1)C(Cl)N(S(C)(=O)=O)CC2. The Morgan fingerprint density at radius 3 is 2.54 bits per heavy atom. The summed E-state index contributed by atoms with van der Waals surface area (Å²) in [7, 11) is -3.49. The first kappa shape index (κ1) is 21.4. The van der Waals surface area contributed by atoms with E-state index in [-0.39, 0.29) is 18.6 Å². The highest BCUT2D eigenvalue weighted by Crippen LogP contribution is 2.43. The summed E-state index contributed by atoms with van der Waals surface area (Å²) in [5, 5.41) is 9.68. The van der Waals surface area contributed by atoms with E-state index in [1.165, 1.54) is 9.21 Å². The van der Waals surface area contributed by atoms with Crippen molar-refractivity contribution in [2.24, 2.45) is 0 Å². The van der Waals surface area contributed by atoms with Gasteiger partial charge in [0.25, 0.3) is 0 Å². The van der Waals surface area contributed by atoms with Gasteiger partial charge in [0.15, 0.2) is 0 Å². The number of ether oxygens (including phenoxy) is 1. The molecule has 1 fully saturated rings. The zero-order valence-electron chi connectivity index (χ0n) is 16.6. The third kappa shape index (κ3) is 4.01. The summed E-state index contributed by atoms with van der Waals surface area (Å²) in [4.78, 5) is 13.2. The predicted molar refractivity (Wildman–Crippen MR) is 107 cm³/mol. The van der Waals surface area contributed by atoms with Crippen LogP contribution in [-0.4, -0.2) is 61.4 Å². The number of hydrogen-bond donors (Lipinski definition) is 1. The fourth-order valence-electron chi connectivity index (χ4n) is 3.86. The minimum Gasteiger partial charge on any atom is -0.465 e. The fraction of sp³-hybridized carbons (Fsp3) is 0.632. The van der Waals surface area contributed by atoms with Crippen molar-refractivity contribution in [3.63, 3.8) is 0 Å². The monoisotopic (exact) mass is 430 g/mol. The van der Waals surface area contributed by atoms with E-state index in [0.29, 0.717) is 25.1 Å². The van der Waals surface area contributed by atoms with Crippen LogP contribution in [0.25, 0.3) is 0 Å². The van der Waals surface area contributed by atoms with Crippen LogP contribution in [0.2, 0.25) is 0 Å². The summed E-state index contributed by atoms with van der Waals surface area (Å²) in [5.41, 5.74) is 2.43. The molecule has 2 atom stereocenters. The largest absolute Gasteiger partial charge is 0.465 e. The molecular formula is C19H27ClN2O5S. The summed E-state index contributed by atoms with van der Waals surface area (Å²) >= 11 is 6.66. The minimum atomic E-state index is -3.49. The second kappa shape index (κ2) is 7.48. The average Bonchev–Trinajstić information content (AvgIpc) is 2.59. The number of alkyl halides is 1. The smallest absolute Gasteiger partial charge is 0.407 e. The van der Waals surface area contributed by atoms with E-state index in [9.17, 15) is 18.3 Å². The molecule has 3 rings (SSSR count). The van der Waals surface area contributed by atoms with Gasteiger partial charge in [-0.15, -0.1) is 0 Å². The lowest BCUT2D eigenvalue weighted by Crippen LogP contribution is -2.44. The van der Waals surface area contributed by atoms with Gasteiger partial charge in [0.1, 0.15) is 5.50 Å². The Morgan fingerprint density at radius 2 is 1.96 bits per heavy atom. The van der Waals surface area contributed by atoms with Gasteiger partial charge in [-0.3, -0.25) is 4.90 Å². The molecule has 9 heteroatoms. The van der Waals surface area contributed by atoms with Crippen molar-refractivity contribution in [1.82, 2.24) is 9.21 Å². The third-order valence-corrected chi connectivity index (χ3v) is 7.23. The summed E-state index contributed by atoms with van der Waals surface area (Å²) in [6.07, 6.45) is 0.651. The first-order valence-corrected chi connectivity index (χ1v) is 11.5. The standard InChI is InChI=1S/C19H27ClN2O5S/c1-19(2,3)13-9-12-5-6-22(28(4,25)26)17(20)16(12)14(10-13)15-11-27-8-7-21(15)18(23)24/h9-10,15,17H,5-8,11H2,1-4H3,(H,23,24). The number of rotatable bonds is 2. The van der Waals surface area contributed by atoms with Crippen LogP contribution in [0.4, 0.5) is 4.79 Å². The number of carbonyl (C=O) groups is 1. The second-order valence-electron chi connectivity index (χ2n) is 8.41. The van der Waals surface area contributed by atoms with Gasteiger partial charge in [0.2, 0.25) is 10.0 Å². The molecule has 7 nitrogen and oxygen atoms in total. The van der Waals surface area contributed by atoms with Gasteiger partial charge in [-0.1, -0.05) is 44.5 Å². The van der Waals surface area contributed by atoms with Crippen LogP contribution < -0.4 is 0 Å². The van der Waals surface area contributed by atoms with E-state index in [0.717, 1.165) is 22.9 Å². The van der Waals surface area contributed by atoms with E-state index in [1.54, 1.807) is 0 Å². The van der Waals surface area contributed by atoms with Crippen LogP contribution in [0.1, 0.15) is 54.6 Å². The number of carboxylic acid groups (broad SMARTS) is 1. The highest BCUT2D eigenvalue weighted by atomic mass is 35.5. The number of morpholine rings is 1. The summed E-state index contributed by atoms with van der Waals surface area (Å²) in [6, 6.07) is 3.51. The highest BCUT2D eigenvalue weighted by Gasteiger charge is 2.39. The van der Waals surface area contributed by atoms with Crippen LogP contribution in [0.5, 0.6) is 0 Å². The molecule has 0 aliphatic carbocycles. The van der Waals surface area contributed by atoms with Crippen LogP contribution in [0.3, 0.4) is 0 Å². The molecule has 2 aliphatic rings. The zero-order valence-corrected chi connectivity index (χ0v) is 18.2. The molecule has 1 saturated heterocycles. The molecular weight excluding hydrogens is 404 g/mol. The number of hydrogen-bond acceptors (Lipinski definition) is 4. The molecule has 2 unspecified atom stereocenters. The molecule has 28 heavy (non-hydrogen) atoms.